The minimum Gasteiger partial charge on any atom is -0.392 e. The summed E-state index contributed by atoms with van der Waals surface area (Å²) in [4.78, 5) is 35.3. The SMILES string of the molecule is CC12CCC(C1=O)C1C(=O)OC(=O)C12C. The zero-order valence-electron chi connectivity index (χ0n) is 8.70. The molecule has 0 amide bonds. The van der Waals surface area contributed by atoms with Crippen molar-refractivity contribution < 1.29 is 19.1 Å². The van der Waals surface area contributed by atoms with Gasteiger partial charge in [-0.3, -0.25) is 14.4 Å². The smallest absolute Gasteiger partial charge is 0.321 e. The van der Waals surface area contributed by atoms with Gasteiger partial charge >= 0.3 is 11.9 Å². The molecule has 4 heteroatoms. The molecule has 2 saturated carbocycles. The van der Waals surface area contributed by atoms with Crippen molar-refractivity contribution >= 4 is 17.7 Å². The van der Waals surface area contributed by atoms with E-state index in [4.69, 9.17) is 4.74 Å². The van der Waals surface area contributed by atoms with Crippen molar-refractivity contribution in [3.05, 3.63) is 0 Å². The molecule has 2 aliphatic carbocycles. The van der Waals surface area contributed by atoms with Crippen molar-refractivity contribution in [2.75, 3.05) is 0 Å². The summed E-state index contributed by atoms with van der Waals surface area (Å²) in [6.45, 7) is 3.51. The molecule has 0 aromatic carbocycles. The molecule has 0 aromatic rings. The monoisotopic (exact) mass is 208 g/mol. The third-order valence-electron chi connectivity index (χ3n) is 4.88. The fourth-order valence-corrected chi connectivity index (χ4v) is 3.70. The molecule has 1 heterocycles. The minimum atomic E-state index is -0.899. The topological polar surface area (TPSA) is 60.4 Å². The molecule has 1 saturated heterocycles. The fourth-order valence-electron chi connectivity index (χ4n) is 3.70. The maximum absolute atomic E-state index is 12.0. The normalized spacial score (nSPS) is 52.3. The second-order valence-corrected chi connectivity index (χ2v) is 5.23. The molecular weight excluding hydrogens is 196 g/mol. The molecule has 3 aliphatic rings. The number of carbonyl (C=O) groups excluding carboxylic acids is 3. The van der Waals surface area contributed by atoms with Gasteiger partial charge in [-0.15, -0.1) is 0 Å². The molecule has 0 radical (unpaired) electrons. The third-order valence-corrected chi connectivity index (χ3v) is 4.88. The number of ketones is 1. The summed E-state index contributed by atoms with van der Waals surface area (Å²) >= 11 is 0. The number of esters is 2. The van der Waals surface area contributed by atoms with Crippen LogP contribution < -0.4 is 0 Å². The standard InChI is InChI=1S/C11H12O4/c1-10-4-3-5(7(10)12)6-8(13)15-9(14)11(6,10)2/h5-6H,3-4H2,1-2H3. The highest BCUT2D eigenvalue weighted by molar-refractivity contribution is 6.10. The van der Waals surface area contributed by atoms with Crippen LogP contribution in [0, 0.1) is 22.7 Å². The summed E-state index contributed by atoms with van der Waals surface area (Å²) in [7, 11) is 0. The number of hydrogen-bond donors (Lipinski definition) is 0. The first-order valence-corrected chi connectivity index (χ1v) is 5.23. The van der Waals surface area contributed by atoms with Gasteiger partial charge in [0, 0.05) is 11.3 Å². The lowest BCUT2D eigenvalue weighted by molar-refractivity contribution is -0.159. The molecule has 0 spiro atoms. The van der Waals surface area contributed by atoms with E-state index in [1.807, 2.05) is 0 Å². The average Bonchev–Trinajstić information content (AvgIpc) is 2.63. The third kappa shape index (κ3) is 0.655. The molecular formula is C11H12O4. The van der Waals surface area contributed by atoms with Gasteiger partial charge in [-0.2, -0.15) is 0 Å². The molecule has 0 aromatic heterocycles. The highest BCUT2D eigenvalue weighted by atomic mass is 16.6. The van der Waals surface area contributed by atoms with Gasteiger partial charge in [0.15, 0.2) is 0 Å². The Labute approximate surface area is 87.0 Å². The zero-order chi connectivity index (χ0) is 11.0. The van der Waals surface area contributed by atoms with Crippen molar-refractivity contribution in [3.63, 3.8) is 0 Å². The molecule has 4 nitrogen and oxygen atoms in total. The molecule has 1 aliphatic heterocycles. The Morgan fingerprint density at radius 1 is 1.27 bits per heavy atom. The van der Waals surface area contributed by atoms with Crippen LogP contribution in [-0.4, -0.2) is 17.7 Å². The fraction of sp³-hybridized carbons (Fsp3) is 0.727. The lowest BCUT2D eigenvalue weighted by atomic mass is 9.61. The largest absolute Gasteiger partial charge is 0.392 e. The van der Waals surface area contributed by atoms with Gasteiger partial charge in [0.2, 0.25) is 0 Å². The van der Waals surface area contributed by atoms with E-state index in [-0.39, 0.29) is 11.7 Å². The highest BCUT2D eigenvalue weighted by Crippen LogP contribution is 2.67. The predicted molar refractivity (Wildman–Crippen MR) is 48.5 cm³/mol. The Kier molecular flexibility index (Phi) is 1.30. The highest BCUT2D eigenvalue weighted by Gasteiger charge is 2.77. The predicted octanol–water partition coefficient (Wildman–Crippen LogP) is 0.691. The van der Waals surface area contributed by atoms with Crippen LogP contribution in [0.5, 0.6) is 0 Å². The van der Waals surface area contributed by atoms with Crippen molar-refractivity contribution in [3.8, 4) is 0 Å². The summed E-state index contributed by atoms with van der Waals surface area (Å²) in [6.07, 6.45) is 1.42. The van der Waals surface area contributed by atoms with Crippen molar-refractivity contribution in [1.82, 2.24) is 0 Å². The number of hydrogen-bond acceptors (Lipinski definition) is 4. The molecule has 80 valence electrons. The van der Waals surface area contributed by atoms with Gasteiger partial charge in [-0.25, -0.2) is 0 Å². The van der Waals surface area contributed by atoms with Crippen molar-refractivity contribution in [1.29, 1.82) is 0 Å². The molecule has 15 heavy (non-hydrogen) atoms. The Balaban J connectivity index is 2.25. The second kappa shape index (κ2) is 2.15. The molecule has 3 rings (SSSR count). The number of Topliss-reactive ketones (excluding diaryl/α,β-unsaturated/α-hetero) is 1. The number of carbonyl (C=O) groups is 3. The number of rotatable bonds is 0. The number of cyclic esters (lactones) is 2. The van der Waals surface area contributed by atoms with E-state index in [1.54, 1.807) is 13.8 Å². The van der Waals surface area contributed by atoms with Crippen LogP contribution in [0.4, 0.5) is 0 Å². The lowest BCUT2D eigenvalue weighted by Gasteiger charge is -2.36. The molecule has 4 atom stereocenters. The van der Waals surface area contributed by atoms with E-state index < -0.39 is 28.7 Å². The first kappa shape index (κ1) is 9.07. The molecule has 2 bridgehead atoms. The van der Waals surface area contributed by atoms with Crippen LogP contribution in [-0.2, 0) is 19.1 Å². The Bertz CT molecular complexity index is 413. The lowest BCUT2D eigenvalue weighted by Crippen LogP contribution is -2.43. The van der Waals surface area contributed by atoms with Crippen molar-refractivity contribution in [2.45, 2.75) is 26.7 Å². The van der Waals surface area contributed by atoms with Crippen LogP contribution >= 0.6 is 0 Å². The maximum atomic E-state index is 12.0. The maximum Gasteiger partial charge on any atom is 0.321 e. The van der Waals surface area contributed by atoms with E-state index in [9.17, 15) is 14.4 Å². The second-order valence-electron chi connectivity index (χ2n) is 5.23. The van der Waals surface area contributed by atoms with Crippen LogP contribution in [0.2, 0.25) is 0 Å². The Hall–Kier alpha value is -1.19. The molecule has 0 N–H and O–H groups in total. The van der Waals surface area contributed by atoms with E-state index >= 15 is 0 Å². The van der Waals surface area contributed by atoms with Crippen LogP contribution in [0.25, 0.3) is 0 Å². The number of ether oxygens (including phenoxy) is 1. The first-order chi connectivity index (χ1) is 6.93. The van der Waals surface area contributed by atoms with Crippen molar-refractivity contribution in [2.24, 2.45) is 22.7 Å². The van der Waals surface area contributed by atoms with Crippen LogP contribution in [0.3, 0.4) is 0 Å². The zero-order valence-corrected chi connectivity index (χ0v) is 8.70. The summed E-state index contributed by atoms with van der Waals surface area (Å²) < 4.78 is 4.70. The summed E-state index contributed by atoms with van der Waals surface area (Å²) in [5, 5.41) is 0. The van der Waals surface area contributed by atoms with E-state index in [1.165, 1.54) is 0 Å². The van der Waals surface area contributed by atoms with Gasteiger partial charge in [-0.05, 0) is 19.8 Å². The summed E-state index contributed by atoms with van der Waals surface area (Å²) in [5.74, 6) is -1.71. The average molecular weight is 208 g/mol. The number of fused-ring (bicyclic) bond motifs is 5. The Morgan fingerprint density at radius 2 is 1.93 bits per heavy atom. The molecule has 4 unspecified atom stereocenters. The van der Waals surface area contributed by atoms with Crippen LogP contribution in [0.1, 0.15) is 26.7 Å². The molecule has 3 fully saturated rings. The van der Waals surface area contributed by atoms with E-state index in [0.29, 0.717) is 6.42 Å². The first-order valence-electron chi connectivity index (χ1n) is 5.23. The Morgan fingerprint density at radius 3 is 2.53 bits per heavy atom. The quantitative estimate of drug-likeness (QED) is 0.434. The van der Waals surface area contributed by atoms with Gasteiger partial charge in [0.1, 0.15) is 5.78 Å². The van der Waals surface area contributed by atoms with Gasteiger partial charge in [0.25, 0.3) is 0 Å². The van der Waals surface area contributed by atoms with Gasteiger partial charge < -0.3 is 4.74 Å². The van der Waals surface area contributed by atoms with E-state index in [0.717, 1.165) is 6.42 Å². The van der Waals surface area contributed by atoms with Crippen LogP contribution in [0.15, 0.2) is 0 Å². The van der Waals surface area contributed by atoms with Gasteiger partial charge in [0.05, 0.1) is 11.3 Å². The summed E-state index contributed by atoms with van der Waals surface area (Å²) in [5.41, 5.74) is -1.57. The summed E-state index contributed by atoms with van der Waals surface area (Å²) in [6, 6.07) is 0. The van der Waals surface area contributed by atoms with Gasteiger partial charge in [-0.1, -0.05) is 6.92 Å². The minimum absolute atomic E-state index is 0.0833. The van der Waals surface area contributed by atoms with E-state index in [2.05, 4.69) is 0 Å².